The predicted octanol–water partition coefficient (Wildman–Crippen LogP) is 1.31. The third-order valence-electron chi connectivity index (χ3n) is 5.09. The fourth-order valence-electron chi connectivity index (χ4n) is 3.89. The van der Waals surface area contributed by atoms with Crippen LogP contribution in [0.2, 0.25) is 0 Å². The molecule has 4 rings (SSSR count). The molecule has 0 radical (unpaired) electrons. The Labute approximate surface area is 146 Å². The maximum absolute atomic E-state index is 11.3. The lowest BCUT2D eigenvalue weighted by Gasteiger charge is -2.48. The summed E-state index contributed by atoms with van der Waals surface area (Å²) in [4.78, 5) is 24.5. The highest BCUT2D eigenvalue weighted by Gasteiger charge is 2.47. The lowest BCUT2D eigenvalue weighted by molar-refractivity contribution is 0.0116. The second-order valence-corrected chi connectivity index (χ2v) is 7.01. The molecule has 0 aliphatic carbocycles. The minimum absolute atomic E-state index is 0.248. The first kappa shape index (κ1) is 16.0. The molecule has 2 aliphatic rings. The van der Waals surface area contributed by atoms with Crippen LogP contribution < -0.4 is 10.4 Å². The maximum Gasteiger partial charge on any atom is 0.277 e. The lowest BCUT2D eigenvalue weighted by atomic mass is 9.79. The van der Waals surface area contributed by atoms with Crippen LogP contribution >= 0.6 is 0 Å². The highest BCUT2D eigenvalue weighted by molar-refractivity contribution is 5.92. The molecule has 0 atom stereocenters. The normalized spacial score (nSPS) is 19.0. The number of hydrogen-bond donors (Lipinski definition) is 2. The molecule has 0 bridgehead atoms. The van der Waals surface area contributed by atoms with Crippen molar-refractivity contribution in [3.8, 4) is 0 Å². The van der Waals surface area contributed by atoms with Gasteiger partial charge in [0.1, 0.15) is 0 Å². The van der Waals surface area contributed by atoms with E-state index in [0.29, 0.717) is 11.4 Å². The Kier molecular flexibility index (Phi) is 4.10. The van der Waals surface area contributed by atoms with Gasteiger partial charge in [0.25, 0.3) is 5.91 Å². The summed E-state index contributed by atoms with van der Waals surface area (Å²) in [5.74, 6) is 0.0489. The molecular weight excluding hydrogens is 318 g/mol. The number of rotatable bonds is 4. The van der Waals surface area contributed by atoms with E-state index in [1.807, 2.05) is 6.07 Å². The van der Waals surface area contributed by atoms with Gasteiger partial charge in [0.05, 0.1) is 5.56 Å². The van der Waals surface area contributed by atoms with Gasteiger partial charge < -0.3 is 4.90 Å². The summed E-state index contributed by atoms with van der Waals surface area (Å²) in [5.41, 5.74) is 3.52. The van der Waals surface area contributed by atoms with E-state index in [2.05, 4.69) is 44.0 Å². The van der Waals surface area contributed by atoms with Crippen molar-refractivity contribution >= 4 is 11.9 Å². The molecule has 1 aromatic heterocycles. The zero-order valence-corrected chi connectivity index (χ0v) is 13.9. The highest BCUT2D eigenvalue weighted by Crippen LogP contribution is 2.40. The van der Waals surface area contributed by atoms with Gasteiger partial charge in [-0.1, -0.05) is 30.3 Å². The number of aromatic nitrogens is 2. The first-order chi connectivity index (χ1) is 12.2. The average molecular weight is 339 g/mol. The summed E-state index contributed by atoms with van der Waals surface area (Å²) in [6.45, 7) is 5.09. The van der Waals surface area contributed by atoms with Gasteiger partial charge in [0.15, 0.2) is 0 Å². The number of benzene rings is 1. The molecule has 7 heteroatoms. The molecular formula is C18H21N5O2. The van der Waals surface area contributed by atoms with Crippen LogP contribution in [0.4, 0.5) is 5.95 Å². The Balaban J connectivity index is 1.34. The number of anilines is 1. The summed E-state index contributed by atoms with van der Waals surface area (Å²) in [5, 5.41) is 8.64. The van der Waals surface area contributed by atoms with Gasteiger partial charge in [-0.05, 0) is 12.0 Å². The van der Waals surface area contributed by atoms with Gasteiger partial charge in [-0.15, -0.1) is 0 Å². The first-order valence-electron chi connectivity index (χ1n) is 8.45. The van der Waals surface area contributed by atoms with Crippen molar-refractivity contribution in [3.05, 3.63) is 53.9 Å². The Morgan fingerprint density at radius 3 is 2.56 bits per heavy atom. The van der Waals surface area contributed by atoms with Crippen LogP contribution in [-0.2, 0) is 6.54 Å². The van der Waals surface area contributed by atoms with Crippen LogP contribution in [0.5, 0.6) is 0 Å². The monoisotopic (exact) mass is 339 g/mol. The smallest absolute Gasteiger partial charge is 0.277 e. The predicted molar refractivity (Wildman–Crippen MR) is 92.3 cm³/mol. The number of carbonyl (C=O) groups excluding carboxylic acids is 1. The Bertz CT molecular complexity index is 744. The molecule has 3 heterocycles. The fourth-order valence-corrected chi connectivity index (χ4v) is 3.89. The minimum Gasteiger partial charge on any atom is -0.340 e. The van der Waals surface area contributed by atoms with Gasteiger partial charge in [-0.3, -0.25) is 14.9 Å². The van der Waals surface area contributed by atoms with E-state index in [1.54, 1.807) is 5.48 Å². The van der Waals surface area contributed by atoms with E-state index in [0.717, 1.165) is 39.1 Å². The van der Waals surface area contributed by atoms with Crippen LogP contribution in [0, 0.1) is 5.41 Å². The van der Waals surface area contributed by atoms with Gasteiger partial charge >= 0.3 is 0 Å². The Morgan fingerprint density at radius 2 is 1.88 bits per heavy atom. The van der Waals surface area contributed by atoms with Crippen LogP contribution in [0.1, 0.15) is 22.3 Å². The summed E-state index contributed by atoms with van der Waals surface area (Å²) >= 11 is 0. The largest absolute Gasteiger partial charge is 0.340 e. The molecule has 2 aromatic rings. The van der Waals surface area contributed by atoms with Crippen molar-refractivity contribution in [2.24, 2.45) is 5.41 Å². The maximum atomic E-state index is 11.3. The zero-order chi connectivity index (χ0) is 17.3. The number of hydroxylamine groups is 1. The van der Waals surface area contributed by atoms with Crippen LogP contribution in [0.3, 0.4) is 0 Å². The first-order valence-corrected chi connectivity index (χ1v) is 8.45. The summed E-state index contributed by atoms with van der Waals surface area (Å²) in [6.07, 6.45) is 4.03. The number of amides is 1. The van der Waals surface area contributed by atoms with Gasteiger partial charge in [0, 0.05) is 50.5 Å². The molecule has 2 aliphatic heterocycles. The number of nitrogens with zero attached hydrogens (tertiary/aromatic N) is 4. The third-order valence-corrected chi connectivity index (χ3v) is 5.09. The Hall–Kier alpha value is -2.51. The van der Waals surface area contributed by atoms with Crippen molar-refractivity contribution in [2.45, 2.75) is 13.0 Å². The summed E-state index contributed by atoms with van der Waals surface area (Å²) in [6, 6.07) is 10.6. The van der Waals surface area contributed by atoms with Crippen molar-refractivity contribution < 1.29 is 10.0 Å². The van der Waals surface area contributed by atoms with E-state index in [-0.39, 0.29) is 5.56 Å². The number of nitrogens with one attached hydrogen (secondary N) is 1. The molecule has 1 amide bonds. The average Bonchev–Trinajstić information content (AvgIpc) is 3.07. The number of carbonyl (C=O) groups is 1. The molecule has 1 aromatic carbocycles. The van der Waals surface area contributed by atoms with E-state index in [4.69, 9.17) is 5.21 Å². The minimum atomic E-state index is -0.597. The molecule has 0 unspecified atom stereocenters. The summed E-state index contributed by atoms with van der Waals surface area (Å²) in [7, 11) is 0. The molecule has 7 nitrogen and oxygen atoms in total. The molecule has 0 saturated carbocycles. The molecule has 1 spiro atoms. The lowest BCUT2D eigenvalue weighted by Crippen LogP contribution is -2.56. The molecule has 2 N–H and O–H groups in total. The summed E-state index contributed by atoms with van der Waals surface area (Å²) < 4.78 is 0. The van der Waals surface area contributed by atoms with E-state index >= 15 is 0 Å². The van der Waals surface area contributed by atoms with Crippen molar-refractivity contribution in [1.29, 1.82) is 0 Å². The van der Waals surface area contributed by atoms with Crippen molar-refractivity contribution in [2.75, 3.05) is 31.1 Å². The number of hydrogen-bond acceptors (Lipinski definition) is 6. The van der Waals surface area contributed by atoms with E-state index < -0.39 is 5.91 Å². The fraction of sp³-hybridized carbons (Fsp3) is 0.389. The number of likely N-dealkylation sites (tertiary alicyclic amines) is 1. The van der Waals surface area contributed by atoms with E-state index in [9.17, 15) is 4.79 Å². The van der Waals surface area contributed by atoms with Crippen LogP contribution in [0.15, 0.2) is 42.7 Å². The second kappa shape index (κ2) is 6.42. The second-order valence-electron chi connectivity index (χ2n) is 7.01. The molecule has 130 valence electrons. The van der Waals surface area contributed by atoms with Gasteiger partial charge in [0.2, 0.25) is 5.95 Å². The topological polar surface area (TPSA) is 81.6 Å². The standard InChI is InChI=1S/C18H21N5O2/c24-16(21-25)15-8-19-17(20-9-15)23-7-6-18(13-23)11-22(12-18)10-14-4-2-1-3-5-14/h1-5,8-9,25H,6-7,10-13H2,(H,21,24). The van der Waals surface area contributed by atoms with Gasteiger partial charge in [-0.2, -0.15) is 0 Å². The molecule has 2 fully saturated rings. The highest BCUT2D eigenvalue weighted by atomic mass is 16.5. The van der Waals surface area contributed by atoms with Crippen molar-refractivity contribution in [3.63, 3.8) is 0 Å². The van der Waals surface area contributed by atoms with E-state index in [1.165, 1.54) is 18.0 Å². The van der Waals surface area contributed by atoms with Crippen LogP contribution in [0.25, 0.3) is 0 Å². The molecule has 2 saturated heterocycles. The van der Waals surface area contributed by atoms with Gasteiger partial charge in [-0.25, -0.2) is 15.4 Å². The Morgan fingerprint density at radius 1 is 1.16 bits per heavy atom. The SMILES string of the molecule is O=C(NO)c1cnc(N2CCC3(CN(Cc4ccccc4)C3)C2)nc1. The zero-order valence-electron chi connectivity index (χ0n) is 13.9. The molecule has 25 heavy (non-hydrogen) atoms. The van der Waals surface area contributed by atoms with Crippen LogP contribution in [-0.4, -0.2) is 52.2 Å². The quantitative estimate of drug-likeness (QED) is 0.646. The third kappa shape index (κ3) is 3.20. The van der Waals surface area contributed by atoms with Crippen molar-refractivity contribution in [1.82, 2.24) is 20.3 Å².